The fourth-order valence-electron chi connectivity index (χ4n) is 1.02. The van der Waals surface area contributed by atoms with Crippen LogP contribution in [0.1, 0.15) is 26.7 Å². The Balaban J connectivity index is 2.48. The van der Waals surface area contributed by atoms with Crippen molar-refractivity contribution in [3.05, 3.63) is 12.2 Å². The van der Waals surface area contributed by atoms with Crippen LogP contribution in [0.5, 0.6) is 0 Å². The molecule has 1 aliphatic heterocycles. The summed E-state index contributed by atoms with van der Waals surface area (Å²) in [5, 5.41) is 0. The van der Waals surface area contributed by atoms with Gasteiger partial charge < -0.3 is 9.47 Å². The maximum atomic E-state index is 11.1. The number of ether oxygens (including phenoxy) is 2. The van der Waals surface area contributed by atoms with Gasteiger partial charge in [0.1, 0.15) is 0 Å². The summed E-state index contributed by atoms with van der Waals surface area (Å²) in [6, 6.07) is 0. The average Bonchev–Trinajstić information content (AvgIpc) is 1.96. The molecule has 1 atom stereocenters. The molecule has 0 saturated carbocycles. The second-order valence-corrected chi connectivity index (χ2v) is 3.03. The van der Waals surface area contributed by atoms with Gasteiger partial charge in [0.25, 0.3) is 0 Å². The fourth-order valence-corrected chi connectivity index (χ4v) is 1.02. The van der Waals surface area contributed by atoms with Gasteiger partial charge >= 0.3 is 5.97 Å². The number of carbonyl (C=O) groups is 1. The third-order valence-electron chi connectivity index (χ3n) is 2.01. The third-order valence-corrected chi connectivity index (χ3v) is 2.01. The normalized spacial score (nSPS) is 27.5. The Morgan fingerprint density at radius 1 is 1.75 bits per heavy atom. The monoisotopic (exact) mass is 170 g/mol. The molecule has 0 radical (unpaired) electrons. The molecule has 0 spiro atoms. The van der Waals surface area contributed by atoms with E-state index in [-0.39, 0.29) is 5.97 Å². The molecule has 1 rings (SSSR count). The van der Waals surface area contributed by atoms with E-state index in [4.69, 9.17) is 9.47 Å². The zero-order valence-corrected chi connectivity index (χ0v) is 7.55. The van der Waals surface area contributed by atoms with Crippen molar-refractivity contribution in [3.63, 3.8) is 0 Å². The van der Waals surface area contributed by atoms with Crippen LogP contribution < -0.4 is 0 Å². The van der Waals surface area contributed by atoms with Crippen molar-refractivity contribution in [1.82, 2.24) is 0 Å². The molecule has 3 nitrogen and oxygen atoms in total. The van der Waals surface area contributed by atoms with Crippen molar-refractivity contribution >= 4 is 5.97 Å². The van der Waals surface area contributed by atoms with Gasteiger partial charge in [-0.15, -0.1) is 0 Å². The van der Waals surface area contributed by atoms with Crippen molar-refractivity contribution in [3.8, 4) is 0 Å². The molecular weight excluding hydrogens is 156 g/mol. The molecule has 3 heteroatoms. The largest absolute Gasteiger partial charge is 0.430 e. The van der Waals surface area contributed by atoms with E-state index in [0.29, 0.717) is 18.6 Å². The van der Waals surface area contributed by atoms with Gasteiger partial charge in [-0.1, -0.05) is 13.5 Å². The summed E-state index contributed by atoms with van der Waals surface area (Å²) in [5.74, 6) is -1.01. The van der Waals surface area contributed by atoms with E-state index in [0.717, 1.165) is 6.42 Å². The molecule has 12 heavy (non-hydrogen) atoms. The Labute approximate surface area is 72.4 Å². The lowest BCUT2D eigenvalue weighted by molar-refractivity contribution is -0.291. The van der Waals surface area contributed by atoms with Crippen LogP contribution in [-0.4, -0.2) is 18.4 Å². The second-order valence-electron chi connectivity index (χ2n) is 3.03. The van der Waals surface area contributed by atoms with Gasteiger partial charge in [0, 0.05) is 18.4 Å². The van der Waals surface area contributed by atoms with Gasteiger partial charge in [-0.3, -0.25) is 0 Å². The van der Waals surface area contributed by atoms with Crippen molar-refractivity contribution in [1.29, 1.82) is 0 Å². The smallest absolute Gasteiger partial charge is 0.335 e. The minimum atomic E-state index is -0.643. The number of hydrogen-bond donors (Lipinski definition) is 0. The standard InChI is InChI=1S/C9H14O3/c1-4-9(5-6-11-9)12-8(10)7(2)3/h2,4-6H2,1,3H3. The number of carbonyl (C=O) groups excluding carboxylic acids is 1. The Morgan fingerprint density at radius 2 is 2.33 bits per heavy atom. The van der Waals surface area contributed by atoms with Crippen LogP contribution >= 0.6 is 0 Å². The SMILES string of the molecule is C=C(C)C(=O)OC1(CC)CCO1. The Bertz CT molecular complexity index is 198. The summed E-state index contributed by atoms with van der Waals surface area (Å²) >= 11 is 0. The first-order valence-corrected chi connectivity index (χ1v) is 4.12. The molecule has 1 unspecified atom stereocenters. The van der Waals surface area contributed by atoms with E-state index in [1.165, 1.54) is 0 Å². The van der Waals surface area contributed by atoms with Crippen LogP contribution in [0.3, 0.4) is 0 Å². The Hall–Kier alpha value is -0.830. The minimum Gasteiger partial charge on any atom is -0.430 e. The summed E-state index contributed by atoms with van der Waals surface area (Å²) in [5.41, 5.74) is 0.415. The van der Waals surface area contributed by atoms with Gasteiger partial charge in [0.2, 0.25) is 5.79 Å². The molecule has 0 N–H and O–H groups in total. The van der Waals surface area contributed by atoms with Gasteiger partial charge in [0.05, 0.1) is 6.61 Å². The van der Waals surface area contributed by atoms with Crippen molar-refractivity contribution in [2.75, 3.05) is 6.61 Å². The van der Waals surface area contributed by atoms with E-state index >= 15 is 0 Å². The molecular formula is C9H14O3. The highest BCUT2D eigenvalue weighted by molar-refractivity contribution is 5.87. The summed E-state index contributed by atoms with van der Waals surface area (Å²) < 4.78 is 10.3. The number of rotatable bonds is 3. The first-order valence-electron chi connectivity index (χ1n) is 4.12. The zero-order valence-electron chi connectivity index (χ0n) is 7.55. The molecule has 0 aromatic rings. The lowest BCUT2D eigenvalue weighted by Gasteiger charge is -2.39. The number of esters is 1. The van der Waals surface area contributed by atoms with Crippen molar-refractivity contribution in [2.24, 2.45) is 0 Å². The van der Waals surface area contributed by atoms with E-state index < -0.39 is 5.79 Å². The van der Waals surface area contributed by atoms with Crippen LogP contribution in [0, 0.1) is 0 Å². The fraction of sp³-hybridized carbons (Fsp3) is 0.667. The zero-order chi connectivity index (χ0) is 9.19. The Morgan fingerprint density at radius 3 is 2.58 bits per heavy atom. The third kappa shape index (κ3) is 1.67. The van der Waals surface area contributed by atoms with Crippen LogP contribution in [0.4, 0.5) is 0 Å². The minimum absolute atomic E-state index is 0.364. The first-order chi connectivity index (χ1) is 5.59. The summed E-state index contributed by atoms with van der Waals surface area (Å²) in [6.07, 6.45) is 1.49. The molecule has 0 bridgehead atoms. The second kappa shape index (κ2) is 3.27. The molecule has 0 amide bonds. The van der Waals surface area contributed by atoms with Crippen LogP contribution in [0.15, 0.2) is 12.2 Å². The van der Waals surface area contributed by atoms with Gasteiger partial charge in [0.15, 0.2) is 0 Å². The predicted molar refractivity (Wildman–Crippen MR) is 44.5 cm³/mol. The van der Waals surface area contributed by atoms with Gasteiger partial charge in [-0.05, 0) is 6.92 Å². The summed E-state index contributed by atoms with van der Waals surface area (Å²) in [7, 11) is 0. The molecule has 1 aliphatic rings. The lowest BCUT2D eigenvalue weighted by atomic mass is 10.1. The molecule has 68 valence electrons. The molecule has 0 aliphatic carbocycles. The Kier molecular flexibility index (Phi) is 2.52. The van der Waals surface area contributed by atoms with Crippen LogP contribution in [0.25, 0.3) is 0 Å². The first kappa shape index (κ1) is 9.26. The maximum Gasteiger partial charge on any atom is 0.335 e. The molecule has 1 saturated heterocycles. The van der Waals surface area contributed by atoms with Crippen molar-refractivity contribution < 1.29 is 14.3 Å². The van der Waals surface area contributed by atoms with E-state index in [2.05, 4.69) is 6.58 Å². The van der Waals surface area contributed by atoms with E-state index in [1.54, 1.807) is 6.92 Å². The van der Waals surface area contributed by atoms with Gasteiger partial charge in [-0.25, -0.2) is 4.79 Å². The molecule has 1 heterocycles. The number of hydrogen-bond acceptors (Lipinski definition) is 3. The van der Waals surface area contributed by atoms with E-state index in [9.17, 15) is 4.79 Å². The van der Waals surface area contributed by atoms with Crippen LogP contribution in [-0.2, 0) is 14.3 Å². The summed E-state index contributed by atoms with van der Waals surface area (Å²) in [4.78, 5) is 11.1. The average molecular weight is 170 g/mol. The lowest BCUT2D eigenvalue weighted by Crippen LogP contribution is -2.47. The van der Waals surface area contributed by atoms with Crippen molar-refractivity contribution in [2.45, 2.75) is 32.5 Å². The molecule has 0 aromatic heterocycles. The molecule has 1 fully saturated rings. The topological polar surface area (TPSA) is 35.5 Å². The summed E-state index contributed by atoms with van der Waals surface area (Å²) in [6.45, 7) is 7.74. The van der Waals surface area contributed by atoms with Crippen LogP contribution in [0.2, 0.25) is 0 Å². The predicted octanol–water partition coefficient (Wildman–Crippen LogP) is 1.63. The molecule has 0 aromatic carbocycles. The quantitative estimate of drug-likeness (QED) is 0.477. The van der Waals surface area contributed by atoms with Gasteiger partial charge in [-0.2, -0.15) is 0 Å². The highest BCUT2D eigenvalue weighted by Crippen LogP contribution is 2.31. The highest BCUT2D eigenvalue weighted by atomic mass is 16.7. The van der Waals surface area contributed by atoms with E-state index in [1.807, 2.05) is 6.92 Å². The highest BCUT2D eigenvalue weighted by Gasteiger charge is 2.40. The maximum absolute atomic E-state index is 11.1.